The van der Waals surface area contributed by atoms with E-state index in [1.54, 1.807) is 11.8 Å². The highest BCUT2D eigenvalue weighted by molar-refractivity contribution is 8.13. The van der Waals surface area contributed by atoms with Gasteiger partial charge in [0, 0.05) is 0 Å². The lowest BCUT2D eigenvalue weighted by atomic mass is 10.1. The van der Waals surface area contributed by atoms with Gasteiger partial charge in [0.25, 0.3) is 0 Å². The first-order valence-electron chi connectivity index (χ1n) is 4.15. The summed E-state index contributed by atoms with van der Waals surface area (Å²) in [5.41, 5.74) is -0.222. The average molecular weight is 324 g/mol. The van der Waals surface area contributed by atoms with Crippen LogP contribution < -0.4 is 29.3 Å². The van der Waals surface area contributed by atoms with Crippen LogP contribution in [-0.2, 0) is 0 Å². The summed E-state index contributed by atoms with van der Waals surface area (Å²) in [6.45, 7) is 5.50. The first-order chi connectivity index (χ1) is 6.10. The Bertz CT molecular complexity index is 257. The van der Waals surface area contributed by atoms with Crippen molar-refractivity contribution in [3.8, 4) is 12.3 Å². The number of nitrogens with one attached hydrogen (secondary N) is 1. The molecule has 0 atom stereocenters. The van der Waals surface area contributed by atoms with Gasteiger partial charge in [0.2, 0.25) is 0 Å². The smallest absolute Gasteiger partial charge is 0.158 e. The number of nitrogens with zero attached hydrogens (tertiary/aromatic N) is 2. The van der Waals surface area contributed by atoms with Crippen LogP contribution >= 0.6 is 11.8 Å². The molecule has 5 heteroatoms. The second kappa shape index (κ2) is 5.83. The quantitative estimate of drug-likeness (QED) is 0.444. The van der Waals surface area contributed by atoms with E-state index in [9.17, 15) is 0 Å². The Balaban J connectivity index is 0.00000169. The second-order valence-corrected chi connectivity index (χ2v) is 4.18. The monoisotopic (exact) mass is 324 g/mol. The average Bonchev–Trinajstić information content (AvgIpc) is 2.18. The maximum Gasteiger partial charge on any atom is 0.158 e. The van der Waals surface area contributed by atoms with Crippen molar-refractivity contribution in [2.24, 2.45) is 4.99 Å². The molecule has 0 bridgehead atoms. The summed E-state index contributed by atoms with van der Waals surface area (Å²) in [6, 6.07) is 0. The predicted molar refractivity (Wildman–Crippen MR) is 58.6 cm³/mol. The third kappa shape index (κ3) is 3.33. The van der Waals surface area contributed by atoms with Crippen LogP contribution in [0.25, 0.3) is 0 Å². The van der Waals surface area contributed by atoms with Crippen LogP contribution in [0.5, 0.6) is 0 Å². The summed E-state index contributed by atoms with van der Waals surface area (Å²) in [5, 5.41) is 4.19. The lowest BCUT2D eigenvalue weighted by Crippen LogP contribution is -3.00. The Morgan fingerprint density at radius 2 is 2.29 bits per heavy atom. The fourth-order valence-corrected chi connectivity index (χ4v) is 1.42. The Morgan fingerprint density at radius 3 is 2.64 bits per heavy atom. The molecule has 1 rings (SSSR count). The van der Waals surface area contributed by atoms with E-state index >= 15 is 0 Å². The van der Waals surface area contributed by atoms with Crippen LogP contribution in [0, 0.1) is 12.3 Å². The van der Waals surface area contributed by atoms with Crippen LogP contribution in [0.2, 0.25) is 0 Å². The molecule has 0 saturated heterocycles. The van der Waals surface area contributed by atoms with Gasteiger partial charge in [-0.1, -0.05) is 17.7 Å². The van der Waals surface area contributed by atoms with Gasteiger partial charge in [0.1, 0.15) is 0 Å². The Labute approximate surface area is 107 Å². The van der Waals surface area contributed by atoms with Crippen molar-refractivity contribution >= 4 is 16.9 Å². The van der Waals surface area contributed by atoms with E-state index in [0.717, 1.165) is 11.8 Å². The van der Waals surface area contributed by atoms with Crippen molar-refractivity contribution in [1.29, 1.82) is 0 Å². The van der Waals surface area contributed by atoms with Crippen LogP contribution in [-0.4, -0.2) is 35.2 Å². The van der Waals surface area contributed by atoms with Crippen molar-refractivity contribution in [1.82, 2.24) is 10.2 Å². The maximum atomic E-state index is 5.43. The number of terminal acetylenes is 1. The lowest BCUT2D eigenvalue weighted by Gasteiger charge is -2.35. The summed E-state index contributed by atoms with van der Waals surface area (Å²) < 4.78 is 0. The zero-order chi connectivity index (χ0) is 9.90. The van der Waals surface area contributed by atoms with Gasteiger partial charge in [0.15, 0.2) is 5.17 Å². The van der Waals surface area contributed by atoms with E-state index in [1.165, 1.54) is 0 Å². The molecule has 0 aliphatic carbocycles. The van der Waals surface area contributed by atoms with E-state index in [1.807, 2.05) is 20.1 Å². The number of hydrogen-bond donors (Lipinski definition) is 1. The van der Waals surface area contributed by atoms with Crippen LogP contribution in [0.15, 0.2) is 4.99 Å². The largest absolute Gasteiger partial charge is 1.00 e. The van der Waals surface area contributed by atoms with Gasteiger partial charge >= 0.3 is 0 Å². The lowest BCUT2D eigenvalue weighted by molar-refractivity contribution is -0.00000354. The van der Waals surface area contributed by atoms with Gasteiger partial charge in [0.05, 0.1) is 18.9 Å². The van der Waals surface area contributed by atoms with E-state index in [4.69, 9.17) is 6.42 Å². The summed E-state index contributed by atoms with van der Waals surface area (Å²) in [4.78, 5) is 6.46. The number of aliphatic imine (C=N–C) groups is 1. The molecule has 3 nitrogen and oxygen atoms in total. The fraction of sp³-hybridized carbons (Fsp3) is 0.667. The van der Waals surface area contributed by atoms with Gasteiger partial charge in [-0.25, -0.2) is 4.99 Å². The summed E-state index contributed by atoms with van der Waals surface area (Å²) in [7, 11) is 0. The molecule has 0 radical (unpaired) electrons. The molecule has 0 fully saturated rings. The summed E-state index contributed by atoms with van der Waals surface area (Å²) in [5.74, 6) is 2.75. The van der Waals surface area contributed by atoms with Crippen LogP contribution in [0.3, 0.4) is 0 Å². The van der Waals surface area contributed by atoms with Gasteiger partial charge < -0.3 is 29.3 Å². The highest BCUT2D eigenvalue weighted by Gasteiger charge is 2.25. The normalized spacial score (nSPS) is 17.4. The number of amidine groups is 1. The Hall–Kier alpha value is 0.0700. The highest BCUT2D eigenvalue weighted by Crippen LogP contribution is 2.14. The van der Waals surface area contributed by atoms with Gasteiger partial charge in [-0.2, -0.15) is 0 Å². The van der Waals surface area contributed by atoms with Crippen molar-refractivity contribution in [3.63, 3.8) is 0 Å². The number of thioether (sulfide) groups is 1. The van der Waals surface area contributed by atoms with E-state index in [2.05, 4.69) is 21.1 Å². The maximum absolute atomic E-state index is 5.43. The molecular formula is C9H15IN3S-. The minimum atomic E-state index is -0.222. The van der Waals surface area contributed by atoms with E-state index < -0.39 is 0 Å². The molecule has 1 N–H and O–H groups in total. The summed E-state index contributed by atoms with van der Waals surface area (Å²) >= 11 is 1.63. The molecule has 1 heterocycles. The zero-order valence-corrected chi connectivity index (χ0v) is 11.6. The molecule has 80 valence electrons. The minimum Gasteiger partial charge on any atom is -1.00 e. The zero-order valence-electron chi connectivity index (χ0n) is 8.67. The van der Waals surface area contributed by atoms with Crippen molar-refractivity contribution < 1.29 is 24.0 Å². The molecule has 1 aliphatic heterocycles. The number of rotatable bonds is 1. The molecule has 0 aromatic rings. The van der Waals surface area contributed by atoms with Crippen molar-refractivity contribution in [2.75, 3.05) is 19.6 Å². The van der Waals surface area contributed by atoms with Gasteiger partial charge in [-0.15, -0.1) is 6.42 Å². The first-order valence-corrected chi connectivity index (χ1v) is 5.38. The molecule has 0 aromatic heterocycles. The SMILES string of the molecule is C#CC(C)(C)N1CN=C(SC)NC1.[I-]. The fourth-order valence-electron chi connectivity index (χ4n) is 1.02. The third-order valence-electron chi connectivity index (χ3n) is 2.14. The van der Waals surface area contributed by atoms with Crippen LogP contribution in [0.1, 0.15) is 13.8 Å². The van der Waals surface area contributed by atoms with Gasteiger partial charge in [-0.05, 0) is 20.1 Å². The third-order valence-corrected chi connectivity index (χ3v) is 2.80. The number of halogens is 1. The van der Waals surface area contributed by atoms with E-state index in [-0.39, 0.29) is 29.5 Å². The minimum absolute atomic E-state index is 0. The van der Waals surface area contributed by atoms with Crippen molar-refractivity contribution in [3.05, 3.63) is 0 Å². The van der Waals surface area contributed by atoms with Crippen LogP contribution in [0.4, 0.5) is 0 Å². The number of hydrogen-bond acceptors (Lipinski definition) is 4. The summed E-state index contributed by atoms with van der Waals surface area (Å²) in [6.07, 6.45) is 7.44. The van der Waals surface area contributed by atoms with E-state index in [0.29, 0.717) is 6.67 Å². The molecule has 0 saturated carbocycles. The topological polar surface area (TPSA) is 27.6 Å². The Kier molecular flexibility index (Phi) is 5.86. The molecule has 1 aliphatic rings. The molecule has 0 unspecified atom stereocenters. The predicted octanol–water partition coefficient (Wildman–Crippen LogP) is -2.06. The Morgan fingerprint density at radius 1 is 1.64 bits per heavy atom. The first kappa shape index (κ1) is 14.1. The highest BCUT2D eigenvalue weighted by atomic mass is 127. The second-order valence-electron chi connectivity index (χ2n) is 3.39. The molecular weight excluding hydrogens is 309 g/mol. The standard InChI is InChI=1S/C9H15N3S.HI/c1-5-9(2,3)12-6-10-8(13-4)11-7-12;/h1H,6-7H2,2-4H3,(H,10,11);1H/p-1. The molecule has 14 heavy (non-hydrogen) atoms. The van der Waals surface area contributed by atoms with Gasteiger partial charge in [-0.3, -0.25) is 4.90 Å². The molecule has 0 aromatic carbocycles. The van der Waals surface area contributed by atoms with Crippen molar-refractivity contribution in [2.45, 2.75) is 19.4 Å². The molecule has 0 spiro atoms. The molecule has 0 amide bonds.